The third-order valence-electron chi connectivity index (χ3n) is 7.54. The van der Waals surface area contributed by atoms with Gasteiger partial charge < -0.3 is 5.32 Å². The quantitative estimate of drug-likeness (QED) is 0.587. The smallest absolute Gasteiger partial charge is 0.253 e. The second kappa shape index (κ2) is 8.14. The lowest BCUT2D eigenvalue weighted by atomic mass is 9.84. The zero-order valence-electron chi connectivity index (χ0n) is 18.2. The molecule has 3 aliphatic rings. The van der Waals surface area contributed by atoms with Crippen LogP contribution >= 0.6 is 0 Å². The number of nitrogens with zero attached hydrogens (tertiary/aromatic N) is 3. The number of fused-ring (bicyclic) bond motifs is 6. The van der Waals surface area contributed by atoms with Crippen LogP contribution in [0.5, 0.6) is 0 Å². The van der Waals surface area contributed by atoms with E-state index in [9.17, 15) is 4.79 Å². The molecule has 3 heterocycles. The van der Waals surface area contributed by atoms with Crippen LogP contribution in [0.2, 0.25) is 0 Å². The Kier molecular flexibility index (Phi) is 4.99. The number of benzene rings is 2. The first-order chi connectivity index (χ1) is 15.8. The molecule has 1 saturated carbocycles. The molecule has 2 bridgehead atoms. The maximum Gasteiger partial charge on any atom is 0.253 e. The van der Waals surface area contributed by atoms with Crippen LogP contribution in [0.15, 0.2) is 67.0 Å². The average molecular weight is 425 g/mol. The van der Waals surface area contributed by atoms with Crippen molar-refractivity contribution in [3.63, 3.8) is 0 Å². The lowest BCUT2D eigenvalue weighted by Gasteiger charge is -2.31. The number of hydrogen-bond donors (Lipinski definition) is 1. The Bertz CT molecular complexity index is 1140. The maximum atomic E-state index is 12.9. The first-order valence-electron chi connectivity index (χ1n) is 11.8. The number of carbonyl (C=O) groups excluding carboxylic acids is 1. The molecule has 162 valence electrons. The minimum Gasteiger partial charge on any atom is -0.349 e. The normalized spacial score (nSPS) is 26.4. The fraction of sp³-hybridized carbons (Fsp3) is 0.370. The number of para-hydroxylation sites is 1. The van der Waals surface area contributed by atoms with E-state index in [1.54, 1.807) is 12.4 Å². The molecule has 2 unspecified atom stereocenters. The average Bonchev–Trinajstić information content (AvgIpc) is 3.39. The van der Waals surface area contributed by atoms with Crippen LogP contribution < -0.4 is 5.32 Å². The molecule has 6 rings (SSSR count). The van der Waals surface area contributed by atoms with Crippen molar-refractivity contribution in [1.29, 1.82) is 0 Å². The third-order valence-corrected chi connectivity index (χ3v) is 7.54. The minimum atomic E-state index is -0.0305. The number of nitrogens with one attached hydrogen (secondary N) is 1. The first-order valence-corrected chi connectivity index (χ1v) is 11.8. The predicted octanol–water partition coefficient (Wildman–Crippen LogP) is 4.98. The van der Waals surface area contributed by atoms with E-state index in [1.165, 1.54) is 30.4 Å². The van der Waals surface area contributed by atoms with Crippen LogP contribution in [0.25, 0.3) is 11.0 Å². The summed E-state index contributed by atoms with van der Waals surface area (Å²) in [5.74, 6) is 0.715. The van der Waals surface area contributed by atoms with E-state index in [4.69, 9.17) is 0 Å². The largest absolute Gasteiger partial charge is 0.349 e. The van der Waals surface area contributed by atoms with Crippen LogP contribution in [-0.4, -0.2) is 33.4 Å². The minimum absolute atomic E-state index is 0.0305. The Morgan fingerprint density at radius 3 is 2.38 bits per heavy atom. The Balaban J connectivity index is 1.02. The molecule has 0 saturated heterocycles. The van der Waals surface area contributed by atoms with Gasteiger partial charge >= 0.3 is 0 Å². The van der Waals surface area contributed by atoms with Crippen molar-refractivity contribution in [2.45, 2.75) is 50.2 Å². The van der Waals surface area contributed by atoms with E-state index in [-0.39, 0.29) is 11.9 Å². The summed E-state index contributed by atoms with van der Waals surface area (Å²) in [6, 6.07) is 15.7. The molecule has 1 aromatic heterocycles. The van der Waals surface area contributed by atoms with E-state index in [1.807, 2.05) is 18.2 Å². The van der Waals surface area contributed by atoms with Gasteiger partial charge in [-0.25, -0.2) is 0 Å². The molecular weight excluding hydrogens is 396 g/mol. The van der Waals surface area contributed by atoms with Crippen LogP contribution in [0.3, 0.4) is 0 Å². The highest BCUT2D eigenvalue weighted by atomic mass is 16.1. The zero-order chi connectivity index (χ0) is 21.5. The van der Waals surface area contributed by atoms with Crippen LogP contribution in [-0.2, 0) is 0 Å². The van der Waals surface area contributed by atoms with E-state index in [0.717, 1.165) is 30.8 Å². The Morgan fingerprint density at radius 2 is 1.62 bits per heavy atom. The van der Waals surface area contributed by atoms with Crippen molar-refractivity contribution >= 4 is 16.9 Å². The molecule has 2 atom stereocenters. The fourth-order valence-corrected chi connectivity index (χ4v) is 5.86. The molecule has 0 radical (unpaired) electrons. The summed E-state index contributed by atoms with van der Waals surface area (Å²) in [5, 5.41) is 3.25. The second-order valence-corrected chi connectivity index (χ2v) is 9.35. The predicted molar refractivity (Wildman–Crippen MR) is 125 cm³/mol. The van der Waals surface area contributed by atoms with E-state index in [0.29, 0.717) is 23.2 Å². The van der Waals surface area contributed by atoms with Gasteiger partial charge in [0.15, 0.2) is 0 Å². The number of amides is 1. The summed E-state index contributed by atoms with van der Waals surface area (Å²) in [6.07, 6.45) is 13.8. The van der Waals surface area contributed by atoms with E-state index < -0.39 is 0 Å². The zero-order valence-corrected chi connectivity index (χ0v) is 18.2. The summed E-state index contributed by atoms with van der Waals surface area (Å²) >= 11 is 0. The van der Waals surface area contributed by atoms with Crippen LogP contribution in [0.1, 0.15) is 65.7 Å². The standard InChI is InChI=1S/C27H28N4O/c32-27(22-6-3-7-23-26(22)29-16-15-28-23)30-19-10-8-18(9-11-19)14-17-31-24-12-13-25(31)21-5-2-1-4-20(21)24/h1-7,12-13,15-16,18-19,24-25H,8-11,14,17H2,(H,30,32). The van der Waals surface area contributed by atoms with Gasteiger partial charge in [-0.1, -0.05) is 42.5 Å². The van der Waals surface area contributed by atoms with E-state index >= 15 is 0 Å². The van der Waals surface area contributed by atoms with Crippen molar-refractivity contribution in [3.8, 4) is 0 Å². The van der Waals surface area contributed by atoms with Crippen molar-refractivity contribution < 1.29 is 4.79 Å². The Labute approximate surface area is 188 Å². The molecule has 2 aromatic carbocycles. The van der Waals surface area contributed by atoms with Gasteiger partial charge in [-0.3, -0.25) is 19.7 Å². The molecular formula is C27H28N4O. The van der Waals surface area contributed by atoms with Crippen LogP contribution in [0, 0.1) is 5.92 Å². The van der Waals surface area contributed by atoms with Gasteiger partial charge in [-0.2, -0.15) is 0 Å². The van der Waals surface area contributed by atoms with Gasteiger partial charge in [0.25, 0.3) is 5.91 Å². The number of aromatic nitrogens is 2. The molecule has 1 amide bonds. The number of carbonyl (C=O) groups is 1. The highest BCUT2D eigenvalue weighted by molar-refractivity contribution is 6.04. The summed E-state index contributed by atoms with van der Waals surface area (Å²) < 4.78 is 0. The third kappa shape index (κ3) is 3.41. The molecule has 5 nitrogen and oxygen atoms in total. The highest BCUT2D eigenvalue weighted by Gasteiger charge is 2.39. The second-order valence-electron chi connectivity index (χ2n) is 9.35. The lowest BCUT2D eigenvalue weighted by molar-refractivity contribution is 0.0920. The first kappa shape index (κ1) is 19.6. The van der Waals surface area contributed by atoms with Crippen molar-refractivity contribution in [2.24, 2.45) is 5.92 Å². The van der Waals surface area contributed by atoms with Gasteiger partial charge in [0.1, 0.15) is 5.52 Å². The molecule has 32 heavy (non-hydrogen) atoms. The molecule has 1 fully saturated rings. The highest BCUT2D eigenvalue weighted by Crippen LogP contribution is 2.48. The molecule has 3 aromatic rings. The molecule has 1 aliphatic carbocycles. The fourth-order valence-electron chi connectivity index (χ4n) is 5.86. The summed E-state index contributed by atoms with van der Waals surface area (Å²) in [5.41, 5.74) is 5.04. The SMILES string of the molecule is O=C(NC1CCC(CCN2C3C=CC2c2ccccc23)CC1)c1cccc2nccnc12. The van der Waals surface area contributed by atoms with Crippen molar-refractivity contribution in [3.05, 3.63) is 83.7 Å². The van der Waals surface area contributed by atoms with Gasteiger partial charge in [-0.15, -0.1) is 0 Å². The number of hydrogen-bond acceptors (Lipinski definition) is 4. The van der Waals surface area contributed by atoms with Crippen molar-refractivity contribution in [2.75, 3.05) is 6.54 Å². The molecule has 5 heteroatoms. The van der Waals surface area contributed by atoms with Gasteiger partial charge in [-0.05, 0) is 61.3 Å². The monoisotopic (exact) mass is 424 g/mol. The molecule has 1 N–H and O–H groups in total. The van der Waals surface area contributed by atoms with Gasteiger partial charge in [0.2, 0.25) is 0 Å². The topological polar surface area (TPSA) is 58.1 Å². The van der Waals surface area contributed by atoms with Gasteiger partial charge in [0, 0.05) is 25.0 Å². The maximum absolute atomic E-state index is 12.9. The van der Waals surface area contributed by atoms with Crippen molar-refractivity contribution in [1.82, 2.24) is 20.2 Å². The van der Waals surface area contributed by atoms with Gasteiger partial charge in [0.05, 0.1) is 23.2 Å². The lowest BCUT2D eigenvalue weighted by Crippen LogP contribution is -2.38. The summed E-state index contributed by atoms with van der Waals surface area (Å²) in [6.45, 7) is 1.15. The summed E-state index contributed by atoms with van der Waals surface area (Å²) in [4.78, 5) is 24.2. The molecule has 2 aliphatic heterocycles. The molecule has 0 spiro atoms. The summed E-state index contributed by atoms with van der Waals surface area (Å²) in [7, 11) is 0. The van der Waals surface area contributed by atoms with Crippen LogP contribution in [0.4, 0.5) is 0 Å². The Morgan fingerprint density at radius 1 is 0.906 bits per heavy atom. The van der Waals surface area contributed by atoms with E-state index in [2.05, 4.69) is 56.6 Å². The Hall–Kier alpha value is -3.05. The number of rotatable bonds is 5.